The molecule has 0 saturated carbocycles. The average Bonchev–Trinajstić information content (AvgIpc) is 2.38. The number of thioether (sulfide) groups is 1. The van der Waals surface area contributed by atoms with Gasteiger partial charge in [0.25, 0.3) is 0 Å². The number of esters is 1. The first-order valence-corrected chi connectivity index (χ1v) is 6.61. The molecule has 1 amide bonds. The largest absolute Gasteiger partial charge is 0.480 e. The molecular formula is C10H16N2O5S. The fourth-order valence-corrected chi connectivity index (χ4v) is 2.39. The number of carboxylic acids is 1. The van der Waals surface area contributed by atoms with Gasteiger partial charge in [-0.1, -0.05) is 0 Å². The lowest BCUT2D eigenvalue weighted by molar-refractivity contribution is -0.148. The van der Waals surface area contributed by atoms with E-state index in [1.165, 1.54) is 7.11 Å². The first kappa shape index (κ1) is 14.8. The molecule has 0 bridgehead atoms. The SMILES string of the molecule is COC(=O)C[C@H](NC(=O)C1CSCCN1)C(=O)O. The molecule has 7 nitrogen and oxygen atoms in total. The van der Waals surface area contributed by atoms with Crippen LogP contribution in [0.4, 0.5) is 0 Å². The molecule has 18 heavy (non-hydrogen) atoms. The molecule has 0 aliphatic carbocycles. The van der Waals surface area contributed by atoms with Crippen LogP contribution in [-0.4, -0.2) is 60.2 Å². The molecule has 1 aliphatic rings. The molecule has 0 radical (unpaired) electrons. The number of carbonyl (C=O) groups is 3. The molecular weight excluding hydrogens is 260 g/mol. The molecule has 0 spiro atoms. The maximum atomic E-state index is 11.8. The number of hydrogen-bond donors (Lipinski definition) is 3. The second-order valence-electron chi connectivity index (χ2n) is 3.76. The van der Waals surface area contributed by atoms with E-state index in [9.17, 15) is 14.4 Å². The summed E-state index contributed by atoms with van der Waals surface area (Å²) >= 11 is 1.62. The second-order valence-corrected chi connectivity index (χ2v) is 4.91. The van der Waals surface area contributed by atoms with Gasteiger partial charge in [-0.3, -0.25) is 9.59 Å². The zero-order chi connectivity index (χ0) is 13.5. The Balaban J connectivity index is 2.51. The Morgan fingerprint density at radius 2 is 2.28 bits per heavy atom. The van der Waals surface area contributed by atoms with Gasteiger partial charge < -0.3 is 20.5 Å². The number of rotatable bonds is 5. The maximum absolute atomic E-state index is 11.8. The Kier molecular flexibility index (Phi) is 5.93. The predicted molar refractivity (Wildman–Crippen MR) is 65.3 cm³/mol. The Hall–Kier alpha value is -1.28. The number of methoxy groups -OCH3 is 1. The van der Waals surface area contributed by atoms with E-state index in [0.717, 1.165) is 5.75 Å². The van der Waals surface area contributed by atoms with E-state index >= 15 is 0 Å². The van der Waals surface area contributed by atoms with Gasteiger partial charge in [0.1, 0.15) is 6.04 Å². The van der Waals surface area contributed by atoms with Gasteiger partial charge in [0.2, 0.25) is 5.91 Å². The lowest BCUT2D eigenvalue weighted by atomic mass is 10.2. The number of carbonyl (C=O) groups excluding carboxylic acids is 2. The standard InChI is InChI=1S/C10H16N2O5S/c1-17-8(13)4-6(10(15)16)12-9(14)7-5-18-3-2-11-7/h6-7,11H,2-5H2,1H3,(H,12,14)(H,15,16)/t6-,7?/m0/s1. The zero-order valence-corrected chi connectivity index (χ0v) is 10.8. The van der Waals surface area contributed by atoms with Gasteiger partial charge >= 0.3 is 11.9 Å². The van der Waals surface area contributed by atoms with Crippen LogP contribution in [0.25, 0.3) is 0 Å². The highest BCUT2D eigenvalue weighted by atomic mass is 32.2. The summed E-state index contributed by atoms with van der Waals surface area (Å²) in [6.45, 7) is 0.706. The minimum Gasteiger partial charge on any atom is -0.480 e. The van der Waals surface area contributed by atoms with Gasteiger partial charge in [-0.05, 0) is 0 Å². The van der Waals surface area contributed by atoms with E-state index in [4.69, 9.17) is 5.11 Å². The zero-order valence-electron chi connectivity index (χ0n) is 9.97. The number of hydrogen-bond acceptors (Lipinski definition) is 6. The van der Waals surface area contributed by atoms with E-state index in [-0.39, 0.29) is 6.42 Å². The summed E-state index contributed by atoms with van der Waals surface area (Å²) in [6, 6.07) is -1.66. The van der Waals surface area contributed by atoms with Crippen molar-refractivity contribution in [2.75, 3.05) is 25.2 Å². The number of aliphatic carboxylic acids is 1. The normalized spacial score (nSPS) is 20.8. The van der Waals surface area contributed by atoms with Crippen molar-refractivity contribution in [1.29, 1.82) is 0 Å². The highest BCUT2D eigenvalue weighted by Crippen LogP contribution is 2.08. The molecule has 0 aromatic carbocycles. The summed E-state index contributed by atoms with van der Waals surface area (Å²) in [6.07, 6.45) is -0.378. The molecule has 1 fully saturated rings. The minimum absolute atomic E-state index is 0.378. The number of nitrogens with one attached hydrogen (secondary N) is 2. The summed E-state index contributed by atoms with van der Waals surface area (Å²) in [4.78, 5) is 33.7. The van der Waals surface area contributed by atoms with Crippen LogP contribution in [0.15, 0.2) is 0 Å². The maximum Gasteiger partial charge on any atom is 0.326 e. The Bertz CT molecular complexity index is 330. The smallest absolute Gasteiger partial charge is 0.326 e. The van der Waals surface area contributed by atoms with Crippen molar-refractivity contribution in [2.24, 2.45) is 0 Å². The Morgan fingerprint density at radius 3 is 2.78 bits per heavy atom. The van der Waals surface area contributed by atoms with Gasteiger partial charge in [-0.25, -0.2) is 4.79 Å². The Morgan fingerprint density at radius 1 is 1.56 bits per heavy atom. The molecule has 102 valence electrons. The molecule has 3 N–H and O–H groups in total. The van der Waals surface area contributed by atoms with E-state index in [2.05, 4.69) is 15.4 Å². The third-order valence-electron chi connectivity index (χ3n) is 2.45. The summed E-state index contributed by atoms with van der Waals surface area (Å²) < 4.78 is 4.38. The molecule has 1 rings (SSSR count). The van der Waals surface area contributed by atoms with Gasteiger partial charge in [0, 0.05) is 18.1 Å². The predicted octanol–water partition coefficient (Wildman–Crippen LogP) is -1.18. The molecule has 1 heterocycles. The molecule has 1 saturated heterocycles. The molecule has 2 atom stereocenters. The fourth-order valence-electron chi connectivity index (χ4n) is 1.46. The highest BCUT2D eigenvalue weighted by Gasteiger charge is 2.28. The third-order valence-corrected chi connectivity index (χ3v) is 3.51. The number of ether oxygens (including phenoxy) is 1. The minimum atomic E-state index is -1.25. The summed E-state index contributed by atoms with van der Waals surface area (Å²) in [5.74, 6) is -0.811. The van der Waals surface area contributed by atoms with Crippen LogP contribution in [0.2, 0.25) is 0 Å². The Labute approximate surface area is 109 Å². The summed E-state index contributed by atoms with van der Waals surface area (Å²) in [5, 5.41) is 14.2. The van der Waals surface area contributed by atoms with E-state index in [1.807, 2.05) is 0 Å². The van der Waals surface area contributed by atoms with Crippen molar-refractivity contribution in [2.45, 2.75) is 18.5 Å². The fraction of sp³-hybridized carbons (Fsp3) is 0.700. The molecule has 1 aliphatic heterocycles. The van der Waals surface area contributed by atoms with Crippen molar-refractivity contribution >= 4 is 29.6 Å². The third kappa shape index (κ3) is 4.53. The van der Waals surface area contributed by atoms with Crippen LogP contribution in [0.1, 0.15) is 6.42 Å². The molecule has 8 heteroatoms. The van der Waals surface area contributed by atoms with Crippen LogP contribution in [0, 0.1) is 0 Å². The second kappa shape index (κ2) is 7.22. The van der Waals surface area contributed by atoms with Gasteiger partial charge in [0.05, 0.1) is 19.6 Å². The van der Waals surface area contributed by atoms with Crippen molar-refractivity contribution in [1.82, 2.24) is 10.6 Å². The lowest BCUT2D eigenvalue weighted by Gasteiger charge is -2.23. The van der Waals surface area contributed by atoms with Gasteiger partial charge in [0.15, 0.2) is 0 Å². The van der Waals surface area contributed by atoms with Crippen LogP contribution in [-0.2, 0) is 19.1 Å². The monoisotopic (exact) mass is 276 g/mol. The van der Waals surface area contributed by atoms with Crippen molar-refractivity contribution < 1.29 is 24.2 Å². The molecule has 0 aromatic rings. The molecule has 1 unspecified atom stereocenters. The van der Waals surface area contributed by atoms with Crippen molar-refractivity contribution in [3.8, 4) is 0 Å². The summed E-state index contributed by atoms with van der Waals surface area (Å²) in [5.41, 5.74) is 0. The lowest BCUT2D eigenvalue weighted by Crippen LogP contribution is -2.53. The molecule has 0 aromatic heterocycles. The van der Waals surface area contributed by atoms with E-state index in [1.54, 1.807) is 11.8 Å². The quantitative estimate of drug-likeness (QED) is 0.543. The van der Waals surface area contributed by atoms with Crippen LogP contribution in [0.3, 0.4) is 0 Å². The van der Waals surface area contributed by atoms with Crippen LogP contribution >= 0.6 is 11.8 Å². The van der Waals surface area contributed by atoms with Crippen LogP contribution in [0.5, 0.6) is 0 Å². The summed E-state index contributed by atoms with van der Waals surface area (Å²) in [7, 11) is 1.17. The van der Waals surface area contributed by atoms with Crippen molar-refractivity contribution in [3.63, 3.8) is 0 Å². The first-order valence-electron chi connectivity index (χ1n) is 5.45. The topological polar surface area (TPSA) is 105 Å². The average molecular weight is 276 g/mol. The van der Waals surface area contributed by atoms with E-state index in [0.29, 0.717) is 12.3 Å². The van der Waals surface area contributed by atoms with Gasteiger partial charge in [-0.15, -0.1) is 0 Å². The van der Waals surface area contributed by atoms with Crippen molar-refractivity contribution in [3.05, 3.63) is 0 Å². The highest BCUT2D eigenvalue weighted by molar-refractivity contribution is 7.99. The van der Waals surface area contributed by atoms with E-state index < -0.39 is 29.9 Å². The van der Waals surface area contributed by atoms with Crippen LogP contribution < -0.4 is 10.6 Å². The van der Waals surface area contributed by atoms with Gasteiger partial charge in [-0.2, -0.15) is 11.8 Å². The first-order chi connectivity index (χ1) is 8.54. The number of amides is 1. The number of carboxylic acid groups (broad SMARTS) is 1.